The largest absolute Gasteiger partial charge is 0.351 e. The highest BCUT2D eigenvalue weighted by molar-refractivity contribution is 5.98. The number of hydrogen-bond donors (Lipinski definition) is 2. The van der Waals surface area contributed by atoms with Crippen LogP contribution in [0.4, 0.5) is 0 Å². The number of aromatic nitrogens is 5. The molecule has 0 radical (unpaired) electrons. The lowest BCUT2D eigenvalue weighted by Gasteiger charge is -2.18. The molecule has 7 heteroatoms. The number of nitrogens with one attached hydrogen (secondary N) is 2. The molecule has 1 aromatic carbocycles. The van der Waals surface area contributed by atoms with E-state index in [1.165, 1.54) is 11.9 Å². The summed E-state index contributed by atoms with van der Waals surface area (Å²) in [6.07, 6.45) is 4.77. The molecule has 0 spiro atoms. The quantitative estimate of drug-likeness (QED) is 0.573. The van der Waals surface area contributed by atoms with E-state index in [1.54, 1.807) is 17.2 Å². The van der Waals surface area contributed by atoms with Crippen LogP contribution in [0.3, 0.4) is 0 Å². The highest BCUT2D eigenvalue weighted by Crippen LogP contribution is 2.26. The van der Waals surface area contributed by atoms with Gasteiger partial charge in [-0.3, -0.25) is 4.79 Å². The number of carbonyl (C=O) groups excluding carboxylic acids is 1. The zero-order chi connectivity index (χ0) is 19.7. The molecule has 0 aliphatic rings. The van der Waals surface area contributed by atoms with Gasteiger partial charge in [0.15, 0.2) is 5.82 Å². The van der Waals surface area contributed by atoms with E-state index in [9.17, 15) is 4.79 Å². The first-order chi connectivity index (χ1) is 13.4. The number of rotatable bonds is 4. The number of pyridine rings is 1. The Labute approximate surface area is 162 Å². The van der Waals surface area contributed by atoms with Crippen molar-refractivity contribution < 1.29 is 4.79 Å². The highest BCUT2D eigenvalue weighted by Gasteiger charge is 2.15. The summed E-state index contributed by atoms with van der Waals surface area (Å²) in [5, 5.41) is 8.00. The lowest BCUT2D eigenvalue weighted by atomic mass is 9.87. The van der Waals surface area contributed by atoms with E-state index < -0.39 is 0 Å². The van der Waals surface area contributed by atoms with Crippen molar-refractivity contribution in [3.63, 3.8) is 0 Å². The molecule has 2 N–H and O–H groups in total. The molecule has 4 rings (SSSR count). The lowest BCUT2D eigenvalue weighted by molar-refractivity contribution is 0.0946. The minimum absolute atomic E-state index is 0.0626. The Morgan fingerprint density at radius 1 is 1.18 bits per heavy atom. The summed E-state index contributed by atoms with van der Waals surface area (Å²) >= 11 is 0. The fraction of sp³-hybridized carbons (Fsp3) is 0.238. The van der Waals surface area contributed by atoms with Gasteiger partial charge >= 0.3 is 0 Å². The summed E-state index contributed by atoms with van der Waals surface area (Å²) in [5.41, 5.74) is 3.72. The monoisotopic (exact) mass is 374 g/mol. The van der Waals surface area contributed by atoms with E-state index in [4.69, 9.17) is 0 Å². The van der Waals surface area contributed by atoms with E-state index in [0.717, 1.165) is 16.5 Å². The molecule has 0 atom stereocenters. The van der Waals surface area contributed by atoms with Gasteiger partial charge in [0.25, 0.3) is 5.91 Å². The maximum Gasteiger partial charge on any atom is 0.267 e. The van der Waals surface area contributed by atoms with Crippen LogP contribution in [-0.2, 0) is 12.0 Å². The van der Waals surface area contributed by atoms with Crippen LogP contribution in [-0.4, -0.2) is 30.6 Å². The Morgan fingerprint density at radius 3 is 2.71 bits per heavy atom. The molecule has 142 valence electrons. The molecule has 1 amide bonds. The molecule has 3 aromatic heterocycles. The third-order valence-electron chi connectivity index (χ3n) is 4.65. The maximum absolute atomic E-state index is 12.5. The maximum atomic E-state index is 12.5. The summed E-state index contributed by atoms with van der Waals surface area (Å²) < 4.78 is 1.58. The van der Waals surface area contributed by atoms with E-state index in [1.807, 2.05) is 18.2 Å². The van der Waals surface area contributed by atoms with Crippen molar-refractivity contribution >= 4 is 16.8 Å². The van der Waals surface area contributed by atoms with Gasteiger partial charge in [-0.05, 0) is 34.7 Å². The summed E-state index contributed by atoms with van der Waals surface area (Å²) in [6.45, 7) is 6.92. The first kappa shape index (κ1) is 17.9. The van der Waals surface area contributed by atoms with Crippen molar-refractivity contribution in [3.8, 4) is 5.82 Å². The molecule has 0 saturated heterocycles. The van der Waals surface area contributed by atoms with E-state index >= 15 is 0 Å². The summed E-state index contributed by atoms with van der Waals surface area (Å²) in [5.74, 6) is 0.534. The molecule has 0 saturated carbocycles. The van der Waals surface area contributed by atoms with Gasteiger partial charge in [-0.2, -0.15) is 5.10 Å². The lowest BCUT2D eigenvalue weighted by Crippen LogP contribution is -2.23. The number of amides is 1. The van der Waals surface area contributed by atoms with E-state index in [-0.39, 0.29) is 11.3 Å². The number of carbonyl (C=O) groups is 1. The molecule has 0 bridgehead atoms. The molecule has 7 nitrogen and oxygen atoms in total. The van der Waals surface area contributed by atoms with Gasteiger partial charge in [0, 0.05) is 23.6 Å². The second kappa shape index (κ2) is 6.92. The van der Waals surface area contributed by atoms with Crippen molar-refractivity contribution in [3.05, 3.63) is 72.1 Å². The van der Waals surface area contributed by atoms with Crippen LogP contribution in [0.1, 0.15) is 42.4 Å². The van der Waals surface area contributed by atoms with Crippen LogP contribution in [0.2, 0.25) is 0 Å². The zero-order valence-electron chi connectivity index (χ0n) is 16.1. The third-order valence-corrected chi connectivity index (χ3v) is 4.65. The van der Waals surface area contributed by atoms with Crippen LogP contribution in [0.25, 0.3) is 16.7 Å². The highest BCUT2D eigenvalue weighted by atomic mass is 16.1. The van der Waals surface area contributed by atoms with Gasteiger partial charge < -0.3 is 10.3 Å². The standard InChI is InChI=1S/C21H22N6O/c1-21(2,3)16-6-5-15-8-18(26-17(15)9-16)20(28)24-11-14-4-7-19(23-10-14)27-13-22-12-25-27/h4-10,12-13,26H,11H2,1-3H3,(H,24,28). The van der Waals surface area contributed by atoms with Gasteiger partial charge in [0.2, 0.25) is 0 Å². The summed E-state index contributed by atoms with van der Waals surface area (Å²) in [6, 6.07) is 11.9. The van der Waals surface area contributed by atoms with E-state index in [0.29, 0.717) is 18.1 Å². The molecule has 28 heavy (non-hydrogen) atoms. The van der Waals surface area contributed by atoms with Crippen LogP contribution in [0.15, 0.2) is 55.2 Å². The van der Waals surface area contributed by atoms with Crippen LogP contribution in [0, 0.1) is 0 Å². The summed E-state index contributed by atoms with van der Waals surface area (Å²) in [7, 11) is 0. The number of fused-ring (bicyclic) bond motifs is 1. The number of hydrogen-bond acceptors (Lipinski definition) is 4. The Balaban J connectivity index is 1.45. The first-order valence-electron chi connectivity index (χ1n) is 9.11. The van der Waals surface area contributed by atoms with Crippen molar-refractivity contribution in [1.29, 1.82) is 0 Å². The molecule has 0 aliphatic heterocycles. The molecule has 4 aromatic rings. The fourth-order valence-electron chi connectivity index (χ4n) is 2.98. The Kier molecular flexibility index (Phi) is 4.43. The van der Waals surface area contributed by atoms with Crippen LogP contribution < -0.4 is 5.32 Å². The predicted octanol–water partition coefficient (Wildman–Crippen LogP) is 3.37. The SMILES string of the molecule is CC(C)(C)c1ccc2cc(C(=O)NCc3ccc(-n4cncn4)nc3)[nH]c2c1. The first-order valence-corrected chi connectivity index (χ1v) is 9.11. The normalized spacial score (nSPS) is 11.7. The molecular formula is C21H22N6O. The Hall–Kier alpha value is -3.48. The van der Waals surface area contributed by atoms with Crippen molar-refractivity contribution in [2.75, 3.05) is 0 Å². The average molecular weight is 374 g/mol. The van der Waals surface area contributed by atoms with Crippen molar-refractivity contribution in [1.82, 2.24) is 30.0 Å². The number of benzene rings is 1. The van der Waals surface area contributed by atoms with Gasteiger partial charge in [-0.25, -0.2) is 14.6 Å². The number of aromatic amines is 1. The predicted molar refractivity (Wildman–Crippen MR) is 107 cm³/mol. The fourth-order valence-corrected chi connectivity index (χ4v) is 2.98. The van der Waals surface area contributed by atoms with Crippen LogP contribution >= 0.6 is 0 Å². The second-order valence-electron chi connectivity index (χ2n) is 7.78. The minimum atomic E-state index is -0.145. The second-order valence-corrected chi connectivity index (χ2v) is 7.78. The van der Waals surface area contributed by atoms with Gasteiger partial charge in [-0.15, -0.1) is 0 Å². The molecule has 0 aliphatic carbocycles. The van der Waals surface area contributed by atoms with Crippen LogP contribution in [0.5, 0.6) is 0 Å². The van der Waals surface area contributed by atoms with Crippen molar-refractivity contribution in [2.45, 2.75) is 32.7 Å². The topological polar surface area (TPSA) is 88.5 Å². The number of nitrogens with zero attached hydrogens (tertiary/aromatic N) is 4. The molecular weight excluding hydrogens is 352 g/mol. The Bertz CT molecular complexity index is 1100. The average Bonchev–Trinajstić information content (AvgIpc) is 3.35. The molecule has 0 unspecified atom stereocenters. The molecule has 3 heterocycles. The van der Waals surface area contributed by atoms with Crippen molar-refractivity contribution in [2.24, 2.45) is 0 Å². The van der Waals surface area contributed by atoms with Gasteiger partial charge in [0.1, 0.15) is 18.3 Å². The van der Waals surface area contributed by atoms with Gasteiger partial charge in [-0.1, -0.05) is 39.0 Å². The molecule has 0 fully saturated rings. The smallest absolute Gasteiger partial charge is 0.267 e. The Morgan fingerprint density at radius 2 is 2.04 bits per heavy atom. The minimum Gasteiger partial charge on any atom is -0.351 e. The zero-order valence-corrected chi connectivity index (χ0v) is 16.1. The summed E-state index contributed by atoms with van der Waals surface area (Å²) in [4.78, 5) is 24.0. The van der Waals surface area contributed by atoms with Gasteiger partial charge in [0.05, 0.1) is 0 Å². The number of H-pyrrole nitrogens is 1. The third kappa shape index (κ3) is 3.64. The van der Waals surface area contributed by atoms with E-state index in [2.05, 4.69) is 64.3 Å².